The molecule has 0 spiro atoms. The van der Waals surface area contributed by atoms with Crippen molar-refractivity contribution in [3.63, 3.8) is 0 Å². The molecule has 0 heterocycles. The molecule has 0 aliphatic heterocycles. The van der Waals surface area contributed by atoms with Crippen LogP contribution in [0.3, 0.4) is 0 Å². The van der Waals surface area contributed by atoms with E-state index in [1.807, 2.05) is 19.1 Å². The Balaban J connectivity index is 2.26. The first kappa shape index (κ1) is 14.9. The second kappa shape index (κ2) is 6.29. The summed E-state index contributed by atoms with van der Waals surface area (Å²) in [4.78, 5) is 12.3. The summed E-state index contributed by atoms with van der Waals surface area (Å²) in [6, 6.07) is 10.6. The monoisotopic (exact) mass is 353 g/mol. The Labute approximate surface area is 131 Å². The standard InChI is InChI=1S/C15H13BrClNO2/c1-9-11(4-3-5-12(9)16)15(19)18-10-6-7-13(17)14(8-10)20-2/h3-8H,1-2H3,(H,18,19). The van der Waals surface area contributed by atoms with Crippen LogP contribution in [-0.2, 0) is 0 Å². The van der Waals surface area contributed by atoms with Crippen LogP contribution < -0.4 is 10.1 Å². The van der Waals surface area contributed by atoms with E-state index in [1.54, 1.807) is 24.3 Å². The maximum absolute atomic E-state index is 12.3. The normalized spacial score (nSPS) is 10.2. The molecular formula is C15H13BrClNO2. The number of carbonyl (C=O) groups excluding carboxylic acids is 1. The number of ether oxygens (including phenoxy) is 1. The van der Waals surface area contributed by atoms with E-state index in [0.29, 0.717) is 22.0 Å². The first-order valence-electron chi connectivity index (χ1n) is 5.93. The van der Waals surface area contributed by atoms with Crippen molar-refractivity contribution >= 4 is 39.1 Å². The predicted octanol–water partition coefficient (Wildman–Crippen LogP) is 4.67. The van der Waals surface area contributed by atoms with E-state index < -0.39 is 0 Å². The number of nitrogens with one attached hydrogen (secondary N) is 1. The molecule has 5 heteroatoms. The van der Waals surface area contributed by atoms with Gasteiger partial charge in [-0.15, -0.1) is 0 Å². The number of halogens is 2. The zero-order valence-corrected chi connectivity index (χ0v) is 13.4. The van der Waals surface area contributed by atoms with Gasteiger partial charge in [-0.1, -0.05) is 33.6 Å². The van der Waals surface area contributed by atoms with Crippen molar-refractivity contribution in [1.29, 1.82) is 0 Å². The Morgan fingerprint density at radius 2 is 2.05 bits per heavy atom. The van der Waals surface area contributed by atoms with Gasteiger partial charge in [0, 0.05) is 21.8 Å². The first-order valence-corrected chi connectivity index (χ1v) is 7.10. The van der Waals surface area contributed by atoms with Crippen molar-refractivity contribution in [2.45, 2.75) is 6.92 Å². The topological polar surface area (TPSA) is 38.3 Å². The molecule has 0 unspecified atom stereocenters. The Morgan fingerprint density at radius 3 is 2.75 bits per heavy atom. The molecule has 1 amide bonds. The Bertz CT molecular complexity index is 658. The van der Waals surface area contributed by atoms with Crippen LogP contribution in [0, 0.1) is 6.92 Å². The first-order chi connectivity index (χ1) is 9.52. The lowest BCUT2D eigenvalue weighted by molar-refractivity contribution is 0.102. The number of hydrogen-bond donors (Lipinski definition) is 1. The maximum Gasteiger partial charge on any atom is 0.255 e. The van der Waals surface area contributed by atoms with Gasteiger partial charge in [0.1, 0.15) is 5.75 Å². The fourth-order valence-electron chi connectivity index (χ4n) is 1.79. The molecule has 0 saturated carbocycles. The van der Waals surface area contributed by atoms with E-state index in [1.165, 1.54) is 7.11 Å². The van der Waals surface area contributed by atoms with Gasteiger partial charge < -0.3 is 10.1 Å². The summed E-state index contributed by atoms with van der Waals surface area (Å²) >= 11 is 9.37. The largest absolute Gasteiger partial charge is 0.495 e. The summed E-state index contributed by atoms with van der Waals surface area (Å²) in [6.45, 7) is 1.89. The van der Waals surface area contributed by atoms with Crippen LogP contribution in [0.5, 0.6) is 5.75 Å². The van der Waals surface area contributed by atoms with E-state index in [9.17, 15) is 4.79 Å². The van der Waals surface area contributed by atoms with Crippen LogP contribution >= 0.6 is 27.5 Å². The molecule has 3 nitrogen and oxygen atoms in total. The zero-order chi connectivity index (χ0) is 14.7. The second-order valence-corrected chi connectivity index (χ2v) is 5.48. The Morgan fingerprint density at radius 1 is 1.30 bits per heavy atom. The second-order valence-electron chi connectivity index (χ2n) is 4.22. The highest BCUT2D eigenvalue weighted by Gasteiger charge is 2.12. The van der Waals surface area contributed by atoms with Gasteiger partial charge in [-0.05, 0) is 36.8 Å². The minimum atomic E-state index is -0.173. The van der Waals surface area contributed by atoms with Gasteiger partial charge in [-0.2, -0.15) is 0 Å². The number of rotatable bonds is 3. The molecule has 0 saturated heterocycles. The maximum atomic E-state index is 12.3. The van der Waals surface area contributed by atoms with Crippen LogP contribution in [0.25, 0.3) is 0 Å². The molecule has 2 aromatic rings. The highest BCUT2D eigenvalue weighted by atomic mass is 79.9. The molecule has 20 heavy (non-hydrogen) atoms. The summed E-state index contributed by atoms with van der Waals surface area (Å²) < 4.78 is 6.03. The lowest BCUT2D eigenvalue weighted by Crippen LogP contribution is -2.13. The van der Waals surface area contributed by atoms with Crippen LogP contribution in [0.4, 0.5) is 5.69 Å². The third kappa shape index (κ3) is 3.14. The minimum Gasteiger partial charge on any atom is -0.495 e. The SMILES string of the molecule is COc1cc(NC(=O)c2cccc(Br)c2C)ccc1Cl. The van der Waals surface area contributed by atoms with E-state index in [2.05, 4.69) is 21.2 Å². The molecule has 0 aromatic heterocycles. The van der Waals surface area contributed by atoms with Crippen LogP contribution in [0.2, 0.25) is 5.02 Å². The van der Waals surface area contributed by atoms with Crippen LogP contribution in [-0.4, -0.2) is 13.0 Å². The third-order valence-corrected chi connectivity index (χ3v) is 4.09. The average Bonchev–Trinajstić information content (AvgIpc) is 2.43. The quantitative estimate of drug-likeness (QED) is 0.869. The van der Waals surface area contributed by atoms with Gasteiger partial charge in [0.15, 0.2) is 0 Å². The van der Waals surface area contributed by atoms with Crippen molar-refractivity contribution in [2.75, 3.05) is 12.4 Å². The van der Waals surface area contributed by atoms with Crippen molar-refractivity contribution in [1.82, 2.24) is 0 Å². The van der Waals surface area contributed by atoms with E-state index in [-0.39, 0.29) is 5.91 Å². The third-order valence-electron chi connectivity index (χ3n) is 2.92. The molecule has 0 fully saturated rings. The average molecular weight is 355 g/mol. The molecule has 104 valence electrons. The van der Waals surface area contributed by atoms with Gasteiger partial charge >= 0.3 is 0 Å². The van der Waals surface area contributed by atoms with E-state index in [4.69, 9.17) is 16.3 Å². The number of benzene rings is 2. The molecule has 0 atom stereocenters. The number of anilines is 1. The lowest BCUT2D eigenvalue weighted by Gasteiger charge is -2.10. The summed E-state index contributed by atoms with van der Waals surface area (Å²) in [7, 11) is 1.53. The highest BCUT2D eigenvalue weighted by Crippen LogP contribution is 2.28. The van der Waals surface area contributed by atoms with Gasteiger partial charge in [0.2, 0.25) is 0 Å². The van der Waals surface area contributed by atoms with Gasteiger partial charge in [0.25, 0.3) is 5.91 Å². The minimum absolute atomic E-state index is 0.173. The summed E-state index contributed by atoms with van der Waals surface area (Å²) in [5.41, 5.74) is 2.15. The molecule has 0 radical (unpaired) electrons. The zero-order valence-electron chi connectivity index (χ0n) is 11.0. The molecule has 2 rings (SSSR count). The predicted molar refractivity (Wildman–Crippen MR) is 84.8 cm³/mol. The highest BCUT2D eigenvalue weighted by molar-refractivity contribution is 9.10. The van der Waals surface area contributed by atoms with Crippen LogP contribution in [0.15, 0.2) is 40.9 Å². The van der Waals surface area contributed by atoms with Crippen molar-refractivity contribution in [3.8, 4) is 5.75 Å². The van der Waals surface area contributed by atoms with Crippen molar-refractivity contribution in [2.24, 2.45) is 0 Å². The summed E-state index contributed by atoms with van der Waals surface area (Å²) in [5.74, 6) is 0.351. The van der Waals surface area contributed by atoms with E-state index >= 15 is 0 Å². The molecule has 0 bridgehead atoms. The Kier molecular flexibility index (Phi) is 4.68. The smallest absolute Gasteiger partial charge is 0.255 e. The number of amides is 1. The molecular weight excluding hydrogens is 342 g/mol. The molecule has 0 aliphatic carbocycles. The van der Waals surface area contributed by atoms with E-state index in [0.717, 1.165) is 10.0 Å². The van der Waals surface area contributed by atoms with Crippen LogP contribution in [0.1, 0.15) is 15.9 Å². The summed E-state index contributed by atoms with van der Waals surface area (Å²) in [6.07, 6.45) is 0. The number of carbonyl (C=O) groups is 1. The molecule has 0 aliphatic rings. The summed E-state index contributed by atoms with van der Waals surface area (Å²) in [5, 5.41) is 3.33. The number of hydrogen-bond acceptors (Lipinski definition) is 2. The lowest BCUT2D eigenvalue weighted by atomic mass is 10.1. The number of methoxy groups -OCH3 is 1. The molecule has 1 N–H and O–H groups in total. The fourth-order valence-corrected chi connectivity index (χ4v) is 2.35. The van der Waals surface area contributed by atoms with Gasteiger partial charge in [0.05, 0.1) is 12.1 Å². The van der Waals surface area contributed by atoms with Crippen molar-refractivity contribution < 1.29 is 9.53 Å². The van der Waals surface area contributed by atoms with Gasteiger partial charge in [-0.3, -0.25) is 4.79 Å². The van der Waals surface area contributed by atoms with Gasteiger partial charge in [-0.25, -0.2) is 0 Å². The van der Waals surface area contributed by atoms with Crippen molar-refractivity contribution in [3.05, 3.63) is 57.0 Å². The Hall–Kier alpha value is -1.52. The fraction of sp³-hybridized carbons (Fsp3) is 0.133. The molecule has 2 aromatic carbocycles.